The van der Waals surface area contributed by atoms with Crippen LogP contribution in [0.15, 0.2) is 47.6 Å². The highest BCUT2D eigenvalue weighted by Gasteiger charge is 2.61. The van der Waals surface area contributed by atoms with E-state index in [4.69, 9.17) is 9.47 Å². The second kappa shape index (κ2) is 10.9. The Bertz CT molecular complexity index is 999. The van der Waals surface area contributed by atoms with Crippen LogP contribution >= 0.6 is 0 Å². The van der Waals surface area contributed by atoms with E-state index in [1.807, 2.05) is 32.1 Å². The van der Waals surface area contributed by atoms with Gasteiger partial charge < -0.3 is 14.6 Å². The number of unbranched alkanes of at least 4 members (excludes halogenated alkanes) is 1. The molecule has 7 atom stereocenters. The molecule has 0 unspecified atom stereocenters. The maximum absolute atomic E-state index is 13.9. The zero-order valence-corrected chi connectivity index (χ0v) is 22.7. The molecule has 3 aliphatic rings. The van der Waals surface area contributed by atoms with E-state index in [1.165, 1.54) is 13.0 Å². The number of ether oxygens (including phenoxy) is 2. The van der Waals surface area contributed by atoms with Crippen LogP contribution in [-0.4, -0.2) is 40.6 Å². The van der Waals surface area contributed by atoms with Crippen molar-refractivity contribution >= 4 is 17.7 Å². The van der Waals surface area contributed by atoms with Gasteiger partial charge in [-0.05, 0) is 61.0 Å². The number of fused-ring (bicyclic) bond motifs is 2. The van der Waals surface area contributed by atoms with Crippen LogP contribution < -0.4 is 0 Å². The van der Waals surface area contributed by atoms with Gasteiger partial charge in [0.05, 0.1) is 12.0 Å². The number of ketones is 1. The number of rotatable bonds is 6. The number of allylic oxidation sites excluding steroid dienone is 4. The molecule has 2 fully saturated rings. The normalized spacial score (nSPS) is 38.8. The lowest BCUT2D eigenvalue weighted by molar-refractivity contribution is -0.168. The summed E-state index contributed by atoms with van der Waals surface area (Å²) in [6.07, 6.45) is 12.2. The zero-order chi connectivity index (χ0) is 26.8. The van der Waals surface area contributed by atoms with Gasteiger partial charge in [0.2, 0.25) is 5.78 Å². The predicted octanol–water partition coefficient (Wildman–Crippen LogP) is 5.27. The van der Waals surface area contributed by atoms with Gasteiger partial charge in [-0.3, -0.25) is 9.59 Å². The minimum Gasteiger partial charge on any atom is -0.455 e. The molecule has 1 N–H and O–H groups in total. The molecular weight excluding hydrogens is 456 g/mol. The van der Waals surface area contributed by atoms with Crippen LogP contribution in [0.25, 0.3) is 0 Å². The Hall–Kier alpha value is -2.47. The highest BCUT2D eigenvalue weighted by Crippen LogP contribution is 2.62. The van der Waals surface area contributed by atoms with Gasteiger partial charge in [0.15, 0.2) is 5.60 Å². The average molecular weight is 499 g/mol. The first-order chi connectivity index (χ1) is 16.8. The molecule has 0 aromatic heterocycles. The van der Waals surface area contributed by atoms with E-state index in [-0.39, 0.29) is 35.4 Å². The van der Waals surface area contributed by atoms with E-state index in [0.29, 0.717) is 12.0 Å². The molecule has 198 valence electrons. The highest BCUT2D eigenvalue weighted by molar-refractivity contribution is 6.03. The number of hydrogen-bond donors (Lipinski definition) is 1. The number of aliphatic hydroxyl groups excluding tert-OH is 1. The number of carbonyl (C=O) groups is 3. The maximum Gasteiger partial charge on any atom is 0.331 e. The third kappa shape index (κ3) is 5.59. The van der Waals surface area contributed by atoms with Gasteiger partial charge in [-0.15, -0.1) is 0 Å². The highest BCUT2D eigenvalue weighted by atomic mass is 16.6. The monoisotopic (exact) mass is 498 g/mol. The summed E-state index contributed by atoms with van der Waals surface area (Å²) >= 11 is 0. The summed E-state index contributed by atoms with van der Waals surface area (Å²) in [4.78, 5) is 38.7. The average Bonchev–Trinajstić information content (AvgIpc) is 3.21. The lowest BCUT2D eigenvalue weighted by Gasteiger charge is -2.34. The van der Waals surface area contributed by atoms with E-state index >= 15 is 0 Å². The van der Waals surface area contributed by atoms with Gasteiger partial charge in [-0.2, -0.15) is 0 Å². The fourth-order valence-electron chi connectivity index (χ4n) is 6.10. The number of carbonyl (C=O) groups excluding carboxylic acids is 3. The van der Waals surface area contributed by atoms with Crippen molar-refractivity contribution in [1.82, 2.24) is 0 Å². The van der Waals surface area contributed by atoms with Crippen molar-refractivity contribution in [1.29, 1.82) is 0 Å². The Morgan fingerprint density at radius 2 is 1.86 bits per heavy atom. The summed E-state index contributed by atoms with van der Waals surface area (Å²) in [5.41, 5.74) is -0.238. The molecule has 0 bridgehead atoms. The van der Waals surface area contributed by atoms with Gasteiger partial charge in [-0.25, -0.2) is 4.79 Å². The lowest BCUT2D eigenvalue weighted by Crippen LogP contribution is -2.48. The Balaban J connectivity index is 2.03. The minimum absolute atomic E-state index is 0.0547. The molecule has 3 rings (SSSR count). The van der Waals surface area contributed by atoms with Crippen LogP contribution in [0.3, 0.4) is 0 Å². The Morgan fingerprint density at radius 1 is 1.17 bits per heavy atom. The zero-order valence-electron chi connectivity index (χ0n) is 22.7. The van der Waals surface area contributed by atoms with Crippen molar-refractivity contribution in [3.8, 4) is 0 Å². The van der Waals surface area contributed by atoms with Crippen LogP contribution in [0.1, 0.15) is 74.1 Å². The van der Waals surface area contributed by atoms with E-state index in [0.717, 1.165) is 18.4 Å². The molecule has 0 spiro atoms. The summed E-state index contributed by atoms with van der Waals surface area (Å²) in [7, 11) is 0. The molecule has 6 nitrogen and oxygen atoms in total. The molecule has 0 aliphatic heterocycles. The Kier molecular flexibility index (Phi) is 8.49. The van der Waals surface area contributed by atoms with Crippen LogP contribution in [0.4, 0.5) is 0 Å². The van der Waals surface area contributed by atoms with Crippen molar-refractivity contribution < 1.29 is 29.0 Å². The minimum atomic E-state index is -1.48. The van der Waals surface area contributed by atoms with Gasteiger partial charge >= 0.3 is 11.9 Å². The van der Waals surface area contributed by atoms with Crippen LogP contribution in [0.5, 0.6) is 0 Å². The summed E-state index contributed by atoms with van der Waals surface area (Å²) < 4.78 is 11.7. The van der Waals surface area contributed by atoms with Gasteiger partial charge in [0, 0.05) is 19.4 Å². The third-order valence-electron chi connectivity index (χ3n) is 8.36. The third-order valence-corrected chi connectivity index (χ3v) is 8.36. The van der Waals surface area contributed by atoms with Crippen LogP contribution in [-0.2, 0) is 23.9 Å². The number of hydrogen-bond acceptors (Lipinski definition) is 6. The number of Topliss-reactive ketones (excluding diaryl/α,β-unsaturated/α-hetero) is 1. The first kappa shape index (κ1) is 28.1. The lowest BCUT2D eigenvalue weighted by atomic mass is 9.80. The molecule has 0 heterocycles. The van der Waals surface area contributed by atoms with Crippen molar-refractivity contribution in [2.45, 2.75) is 92.0 Å². The summed E-state index contributed by atoms with van der Waals surface area (Å²) in [5, 5.41) is 11.1. The smallest absolute Gasteiger partial charge is 0.331 e. The van der Waals surface area contributed by atoms with E-state index in [9.17, 15) is 19.5 Å². The molecule has 0 saturated heterocycles. The standard InChI is InChI=1S/C30H42O6/c1-8-9-10-11-12-13-26(32)35-25-16-23-22(29(23,6)7)15-19(3)28(34)30(36-21(5)31)17-20(4)27(33)24(30)14-18(25)2/h10-15,20,22-25,27,33H,8-9,16-17H2,1-7H3/b11-10+,13-12+,18-14-,19-15+/t20-,22-,23+,24+,25-,27+,30-/m1/s1. The topological polar surface area (TPSA) is 89.9 Å². The van der Waals surface area contributed by atoms with Crippen LogP contribution in [0.2, 0.25) is 0 Å². The second-order valence-corrected chi connectivity index (χ2v) is 11.5. The molecular formula is C30H42O6. The molecule has 0 aromatic rings. The van der Waals surface area contributed by atoms with Crippen molar-refractivity contribution in [2.24, 2.45) is 29.1 Å². The number of esters is 2. The first-order valence-corrected chi connectivity index (χ1v) is 13.2. The molecule has 36 heavy (non-hydrogen) atoms. The molecule has 0 radical (unpaired) electrons. The molecule has 3 aliphatic carbocycles. The van der Waals surface area contributed by atoms with Crippen LogP contribution in [0, 0.1) is 29.1 Å². The summed E-state index contributed by atoms with van der Waals surface area (Å²) in [5.74, 6) is -1.87. The van der Waals surface area contributed by atoms with E-state index in [1.54, 1.807) is 19.1 Å². The molecule has 2 saturated carbocycles. The first-order valence-electron chi connectivity index (χ1n) is 13.2. The van der Waals surface area contributed by atoms with Gasteiger partial charge in [0.1, 0.15) is 6.10 Å². The van der Waals surface area contributed by atoms with Gasteiger partial charge in [0.25, 0.3) is 0 Å². The Morgan fingerprint density at radius 3 is 2.50 bits per heavy atom. The van der Waals surface area contributed by atoms with Crippen molar-refractivity contribution in [3.63, 3.8) is 0 Å². The van der Waals surface area contributed by atoms with E-state index in [2.05, 4.69) is 20.8 Å². The predicted molar refractivity (Wildman–Crippen MR) is 139 cm³/mol. The molecule has 6 heteroatoms. The number of aliphatic hydroxyl groups is 1. The van der Waals surface area contributed by atoms with E-state index < -0.39 is 35.7 Å². The van der Waals surface area contributed by atoms with Crippen molar-refractivity contribution in [3.05, 3.63) is 47.6 Å². The van der Waals surface area contributed by atoms with Crippen molar-refractivity contribution in [2.75, 3.05) is 0 Å². The summed E-state index contributed by atoms with van der Waals surface area (Å²) in [6, 6.07) is 0. The molecule has 0 aromatic carbocycles. The fraction of sp³-hybridized carbons (Fsp3) is 0.633. The quantitative estimate of drug-likeness (QED) is 0.232. The second-order valence-electron chi connectivity index (χ2n) is 11.5. The molecule has 0 amide bonds. The SMILES string of the molecule is CCC/C=C/C=C/C(=O)O[C@@H]1C[C@H]2[C@@H](/C=C(\C)C(=O)[C@@]3(OC(C)=O)C[C@@H](C)[C@H](O)[C@@H]3/C=C\1C)C2(C)C. The maximum atomic E-state index is 13.9. The summed E-state index contributed by atoms with van der Waals surface area (Å²) in [6.45, 7) is 13.2. The van der Waals surface area contributed by atoms with Gasteiger partial charge in [-0.1, -0.05) is 64.5 Å². The Labute approximate surface area is 215 Å². The largest absolute Gasteiger partial charge is 0.455 e. The fourth-order valence-corrected chi connectivity index (χ4v) is 6.10.